The van der Waals surface area contributed by atoms with Gasteiger partial charge in [0.25, 0.3) is 0 Å². The third kappa shape index (κ3) is 1.40. The van der Waals surface area contributed by atoms with Gasteiger partial charge >= 0.3 is 0 Å². The van der Waals surface area contributed by atoms with Gasteiger partial charge in [-0.25, -0.2) is 0 Å². The minimum Gasteiger partial charge on any atom is -0.328 e. The van der Waals surface area contributed by atoms with Crippen LogP contribution in [0.5, 0.6) is 0 Å². The van der Waals surface area contributed by atoms with Gasteiger partial charge in [-0.3, -0.25) is 4.90 Å². The molecule has 0 radical (unpaired) electrons. The van der Waals surface area contributed by atoms with E-state index in [1.54, 1.807) is 0 Å². The van der Waals surface area contributed by atoms with Gasteiger partial charge in [0.2, 0.25) is 0 Å². The van der Waals surface area contributed by atoms with Crippen LogP contribution in [-0.2, 0) is 0 Å². The SMILES string of the molecule is CC1(C)C[C@H](N)C[C@]2(C)CCCN12. The predicted molar refractivity (Wildman–Crippen MR) is 55.6 cm³/mol. The zero-order chi connectivity index (χ0) is 9.69. The molecular formula is C11H22N2. The Hall–Kier alpha value is -0.0800. The van der Waals surface area contributed by atoms with E-state index in [2.05, 4.69) is 25.7 Å². The molecule has 2 heteroatoms. The molecule has 0 spiro atoms. The number of rotatable bonds is 0. The number of nitrogens with two attached hydrogens (primary N) is 1. The van der Waals surface area contributed by atoms with Crippen LogP contribution < -0.4 is 5.73 Å². The maximum atomic E-state index is 6.12. The fraction of sp³-hybridized carbons (Fsp3) is 1.00. The summed E-state index contributed by atoms with van der Waals surface area (Å²) in [6.45, 7) is 8.35. The molecule has 2 aliphatic heterocycles. The van der Waals surface area contributed by atoms with Crippen LogP contribution in [0.1, 0.15) is 46.5 Å². The fourth-order valence-electron chi connectivity index (χ4n) is 3.66. The van der Waals surface area contributed by atoms with Crippen molar-refractivity contribution in [2.24, 2.45) is 5.73 Å². The first-order chi connectivity index (χ1) is 5.94. The van der Waals surface area contributed by atoms with E-state index >= 15 is 0 Å². The van der Waals surface area contributed by atoms with Crippen LogP contribution in [0.25, 0.3) is 0 Å². The summed E-state index contributed by atoms with van der Waals surface area (Å²) in [5, 5.41) is 0. The van der Waals surface area contributed by atoms with E-state index in [-0.39, 0.29) is 0 Å². The number of hydrogen-bond donors (Lipinski definition) is 1. The highest BCUT2D eigenvalue weighted by Gasteiger charge is 2.48. The van der Waals surface area contributed by atoms with Crippen LogP contribution in [0.3, 0.4) is 0 Å². The second-order valence-corrected chi connectivity index (χ2v) is 5.73. The highest BCUT2D eigenvalue weighted by Crippen LogP contribution is 2.44. The fourth-order valence-corrected chi connectivity index (χ4v) is 3.66. The second kappa shape index (κ2) is 2.71. The smallest absolute Gasteiger partial charge is 0.0201 e. The molecule has 2 rings (SSSR count). The Morgan fingerprint density at radius 1 is 1.23 bits per heavy atom. The number of piperidine rings is 1. The highest BCUT2D eigenvalue weighted by molar-refractivity contribution is 5.06. The maximum Gasteiger partial charge on any atom is 0.0201 e. The zero-order valence-electron chi connectivity index (χ0n) is 9.14. The Morgan fingerprint density at radius 3 is 2.62 bits per heavy atom. The molecule has 2 N–H and O–H groups in total. The summed E-state index contributed by atoms with van der Waals surface area (Å²) >= 11 is 0. The van der Waals surface area contributed by atoms with Crippen LogP contribution in [0.4, 0.5) is 0 Å². The summed E-state index contributed by atoms with van der Waals surface area (Å²) in [5.41, 5.74) is 6.85. The normalized spacial score (nSPS) is 44.8. The van der Waals surface area contributed by atoms with Gasteiger partial charge in [-0.1, -0.05) is 0 Å². The zero-order valence-corrected chi connectivity index (χ0v) is 9.14. The molecule has 2 fully saturated rings. The lowest BCUT2D eigenvalue weighted by Gasteiger charge is -2.52. The van der Waals surface area contributed by atoms with Crippen LogP contribution in [0, 0.1) is 0 Å². The van der Waals surface area contributed by atoms with E-state index in [0.717, 1.165) is 6.42 Å². The molecule has 2 heterocycles. The number of fused-ring (bicyclic) bond motifs is 1. The third-order valence-corrected chi connectivity index (χ3v) is 3.94. The van der Waals surface area contributed by atoms with Gasteiger partial charge < -0.3 is 5.73 Å². The highest BCUT2D eigenvalue weighted by atomic mass is 15.3. The number of hydrogen-bond acceptors (Lipinski definition) is 2. The predicted octanol–water partition coefficient (Wildman–Crippen LogP) is 1.74. The maximum absolute atomic E-state index is 6.12. The van der Waals surface area contributed by atoms with Crippen molar-refractivity contribution in [1.29, 1.82) is 0 Å². The molecule has 2 aliphatic rings. The average Bonchev–Trinajstić information content (AvgIpc) is 2.27. The van der Waals surface area contributed by atoms with E-state index < -0.39 is 0 Å². The summed E-state index contributed by atoms with van der Waals surface area (Å²) in [6, 6.07) is 0.411. The molecule has 0 aromatic heterocycles. The van der Waals surface area contributed by atoms with Crippen LogP contribution in [-0.4, -0.2) is 28.6 Å². The molecule has 0 aliphatic carbocycles. The van der Waals surface area contributed by atoms with Crippen molar-refractivity contribution in [3.05, 3.63) is 0 Å². The number of nitrogens with zero attached hydrogens (tertiary/aromatic N) is 1. The standard InChI is InChI=1S/C11H22N2/c1-10(2)7-9(12)8-11(3)5-4-6-13(10)11/h9H,4-8,12H2,1-3H3/t9-,11-/m0/s1. The molecule has 2 atom stereocenters. The minimum atomic E-state index is 0.322. The van der Waals surface area contributed by atoms with E-state index in [0.29, 0.717) is 17.1 Å². The summed E-state index contributed by atoms with van der Waals surface area (Å²) in [5.74, 6) is 0. The van der Waals surface area contributed by atoms with Crippen molar-refractivity contribution in [2.75, 3.05) is 6.54 Å². The molecule has 0 unspecified atom stereocenters. The summed E-state index contributed by atoms with van der Waals surface area (Å²) in [6.07, 6.45) is 5.04. The topological polar surface area (TPSA) is 29.3 Å². The lowest BCUT2D eigenvalue weighted by atomic mass is 9.77. The van der Waals surface area contributed by atoms with Crippen molar-refractivity contribution in [1.82, 2.24) is 4.90 Å². The van der Waals surface area contributed by atoms with Crippen molar-refractivity contribution >= 4 is 0 Å². The van der Waals surface area contributed by atoms with Crippen molar-refractivity contribution in [2.45, 2.75) is 63.6 Å². The van der Waals surface area contributed by atoms with Gasteiger partial charge in [0.05, 0.1) is 0 Å². The van der Waals surface area contributed by atoms with Crippen molar-refractivity contribution in [3.8, 4) is 0 Å². The Labute approximate surface area is 81.5 Å². The van der Waals surface area contributed by atoms with E-state index in [9.17, 15) is 0 Å². The first kappa shape index (κ1) is 9.47. The van der Waals surface area contributed by atoms with E-state index in [1.165, 1.54) is 25.8 Å². The molecule has 0 amide bonds. The molecule has 0 bridgehead atoms. The van der Waals surface area contributed by atoms with Crippen LogP contribution in [0.15, 0.2) is 0 Å². The molecule has 0 aromatic carbocycles. The lowest BCUT2D eigenvalue weighted by molar-refractivity contribution is -0.0119. The molecule has 2 nitrogen and oxygen atoms in total. The average molecular weight is 182 g/mol. The molecule has 0 saturated carbocycles. The second-order valence-electron chi connectivity index (χ2n) is 5.73. The quantitative estimate of drug-likeness (QED) is 0.618. The van der Waals surface area contributed by atoms with Crippen LogP contribution in [0.2, 0.25) is 0 Å². The minimum absolute atomic E-state index is 0.322. The molecule has 0 aromatic rings. The Bertz CT molecular complexity index is 212. The Morgan fingerprint density at radius 2 is 1.92 bits per heavy atom. The Balaban J connectivity index is 2.26. The van der Waals surface area contributed by atoms with Gasteiger partial charge in [-0.05, 0) is 53.0 Å². The van der Waals surface area contributed by atoms with Crippen molar-refractivity contribution in [3.63, 3.8) is 0 Å². The van der Waals surface area contributed by atoms with Gasteiger partial charge in [0, 0.05) is 17.1 Å². The first-order valence-corrected chi connectivity index (χ1v) is 5.47. The van der Waals surface area contributed by atoms with E-state index in [4.69, 9.17) is 5.73 Å². The summed E-state index contributed by atoms with van der Waals surface area (Å²) < 4.78 is 0. The van der Waals surface area contributed by atoms with Gasteiger partial charge in [-0.15, -0.1) is 0 Å². The monoisotopic (exact) mass is 182 g/mol. The summed E-state index contributed by atoms with van der Waals surface area (Å²) in [7, 11) is 0. The lowest BCUT2D eigenvalue weighted by Crippen LogP contribution is -2.61. The molecular weight excluding hydrogens is 160 g/mol. The third-order valence-electron chi connectivity index (χ3n) is 3.94. The summed E-state index contributed by atoms with van der Waals surface area (Å²) in [4.78, 5) is 2.68. The molecule has 2 saturated heterocycles. The van der Waals surface area contributed by atoms with E-state index in [1.807, 2.05) is 0 Å². The Kier molecular flexibility index (Phi) is 1.97. The van der Waals surface area contributed by atoms with Crippen LogP contribution >= 0.6 is 0 Å². The van der Waals surface area contributed by atoms with Gasteiger partial charge in [0.1, 0.15) is 0 Å². The van der Waals surface area contributed by atoms with Crippen molar-refractivity contribution < 1.29 is 0 Å². The van der Waals surface area contributed by atoms with Gasteiger partial charge in [-0.2, -0.15) is 0 Å². The first-order valence-electron chi connectivity index (χ1n) is 5.47. The van der Waals surface area contributed by atoms with Gasteiger partial charge in [0.15, 0.2) is 0 Å². The largest absolute Gasteiger partial charge is 0.328 e. The molecule has 76 valence electrons. The molecule has 13 heavy (non-hydrogen) atoms.